The van der Waals surface area contributed by atoms with Crippen molar-refractivity contribution in [2.45, 2.75) is 45.8 Å². The molecule has 0 bridgehead atoms. The minimum atomic E-state index is -0.562. The third kappa shape index (κ3) is 2.40. The van der Waals surface area contributed by atoms with Crippen LogP contribution in [0, 0.1) is 6.92 Å². The number of carbonyl (C=O) groups excluding carboxylic acids is 1. The maximum Gasteiger partial charge on any atom is 0.495 e. The van der Waals surface area contributed by atoms with Crippen LogP contribution in [-0.4, -0.2) is 24.2 Å². The van der Waals surface area contributed by atoms with Gasteiger partial charge in [0, 0.05) is 5.56 Å². The van der Waals surface area contributed by atoms with Gasteiger partial charge >= 0.3 is 7.12 Å². The van der Waals surface area contributed by atoms with Gasteiger partial charge in [-0.05, 0) is 46.1 Å². The van der Waals surface area contributed by atoms with Crippen molar-refractivity contribution in [3.05, 3.63) is 29.3 Å². The summed E-state index contributed by atoms with van der Waals surface area (Å²) < 4.78 is 11.9. The van der Waals surface area contributed by atoms with Crippen molar-refractivity contribution in [3.63, 3.8) is 0 Å². The molecule has 1 aliphatic heterocycles. The van der Waals surface area contributed by atoms with E-state index in [1.54, 1.807) is 6.07 Å². The SMILES string of the molecule is Cc1ccc(B2OC(C)(C)C(C)(C)O2)c(C(N)=O)c1. The lowest BCUT2D eigenvalue weighted by atomic mass is 9.75. The number of hydrogen-bond acceptors (Lipinski definition) is 3. The van der Waals surface area contributed by atoms with Crippen molar-refractivity contribution in [2.24, 2.45) is 5.73 Å². The molecule has 2 rings (SSSR count). The molecular weight excluding hydrogens is 241 g/mol. The summed E-state index contributed by atoms with van der Waals surface area (Å²) in [7, 11) is -0.562. The van der Waals surface area contributed by atoms with E-state index in [0.717, 1.165) is 5.56 Å². The van der Waals surface area contributed by atoms with Gasteiger partial charge in [-0.2, -0.15) is 0 Å². The van der Waals surface area contributed by atoms with Crippen LogP contribution in [0.4, 0.5) is 0 Å². The monoisotopic (exact) mass is 261 g/mol. The first-order chi connectivity index (χ1) is 8.64. The van der Waals surface area contributed by atoms with Crippen LogP contribution in [0.3, 0.4) is 0 Å². The molecule has 1 heterocycles. The van der Waals surface area contributed by atoms with Crippen molar-refractivity contribution < 1.29 is 14.1 Å². The molecule has 1 saturated heterocycles. The van der Waals surface area contributed by atoms with Crippen LogP contribution in [0.5, 0.6) is 0 Å². The van der Waals surface area contributed by atoms with Crippen LogP contribution < -0.4 is 11.2 Å². The van der Waals surface area contributed by atoms with Gasteiger partial charge in [-0.3, -0.25) is 4.79 Å². The van der Waals surface area contributed by atoms with Crippen molar-refractivity contribution in [2.75, 3.05) is 0 Å². The topological polar surface area (TPSA) is 61.6 Å². The van der Waals surface area contributed by atoms with Crippen LogP contribution in [0.2, 0.25) is 0 Å². The Morgan fingerprint density at radius 1 is 1.16 bits per heavy atom. The van der Waals surface area contributed by atoms with Crippen LogP contribution in [-0.2, 0) is 9.31 Å². The molecule has 19 heavy (non-hydrogen) atoms. The quantitative estimate of drug-likeness (QED) is 0.818. The Balaban J connectivity index is 2.42. The Hall–Kier alpha value is -1.33. The number of amides is 1. The fraction of sp³-hybridized carbons (Fsp3) is 0.500. The number of aryl methyl sites for hydroxylation is 1. The van der Waals surface area contributed by atoms with E-state index in [0.29, 0.717) is 11.0 Å². The average molecular weight is 261 g/mol. The van der Waals surface area contributed by atoms with Crippen molar-refractivity contribution >= 4 is 18.5 Å². The number of carbonyl (C=O) groups is 1. The van der Waals surface area contributed by atoms with Crippen LogP contribution in [0.15, 0.2) is 18.2 Å². The van der Waals surface area contributed by atoms with Gasteiger partial charge in [0.2, 0.25) is 5.91 Å². The third-order valence-electron chi connectivity index (χ3n) is 3.98. The minimum absolute atomic E-state index is 0.433. The van der Waals surface area contributed by atoms with E-state index in [2.05, 4.69) is 0 Å². The second-order valence-corrected chi connectivity index (χ2v) is 6.04. The van der Waals surface area contributed by atoms with Gasteiger partial charge in [-0.25, -0.2) is 0 Å². The maximum absolute atomic E-state index is 11.6. The zero-order valence-corrected chi connectivity index (χ0v) is 12.1. The predicted octanol–water partition coefficient (Wildman–Crippen LogP) is 1.39. The lowest BCUT2D eigenvalue weighted by Gasteiger charge is -2.32. The first kappa shape index (κ1) is 14.1. The highest BCUT2D eigenvalue weighted by Gasteiger charge is 2.52. The fourth-order valence-corrected chi connectivity index (χ4v) is 2.06. The molecule has 102 valence electrons. The normalized spacial score (nSPS) is 20.6. The summed E-state index contributed by atoms with van der Waals surface area (Å²) in [6.07, 6.45) is 0. The highest BCUT2D eigenvalue weighted by atomic mass is 16.7. The van der Waals surface area contributed by atoms with E-state index in [1.165, 1.54) is 0 Å². The Labute approximate surface area is 114 Å². The van der Waals surface area contributed by atoms with E-state index in [4.69, 9.17) is 15.0 Å². The molecule has 0 saturated carbocycles. The molecule has 1 aromatic carbocycles. The minimum Gasteiger partial charge on any atom is -0.399 e. The van der Waals surface area contributed by atoms with Crippen LogP contribution >= 0.6 is 0 Å². The molecule has 1 aromatic rings. The van der Waals surface area contributed by atoms with Gasteiger partial charge in [0.25, 0.3) is 0 Å². The molecule has 1 amide bonds. The van der Waals surface area contributed by atoms with Crippen LogP contribution in [0.25, 0.3) is 0 Å². The zero-order valence-electron chi connectivity index (χ0n) is 12.1. The van der Waals surface area contributed by atoms with Gasteiger partial charge < -0.3 is 15.0 Å². The molecule has 0 aromatic heterocycles. The first-order valence-corrected chi connectivity index (χ1v) is 6.40. The van der Waals surface area contributed by atoms with Gasteiger partial charge in [0.05, 0.1) is 11.2 Å². The first-order valence-electron chi connectivity index (χ1n) is 6.40. The second kappa shape index (κ2) is 4.35. The fourth-order valence-electron chi connectivity index (χ4n) is 2.06. The summed E-state index contributed by atoms with van der Waals surface area (Å²) >= 11 is 0. The average Bonchev–Trinajstić information content (AvgIpc) is 2.47. The molecule has 0 atom stereocenters. The third-order valence-corrected chi connectivity index (χ3v) is 3.98. The summed E-state index contributed by atoms with van der Waals surface area (Å²) in [6, 6.07) is 5.53. The van der Waals surface area contributed by atoms with Gasteiger partial charge in [0.1, 0.15) is 0 Å². The van der Waals surface area contributed by atoms with Gasteiger partial charge in [-0.1, -0.05) is 17.7 Å². The molecule has 0 radical (unpaired) electrons. The number of benzene rings is 1. The second-order valence-electron chi connectivity index (χ2n) is 6.04. The van der Waals surface area contributed by atoms with Gasteiger partial charge in [0.15, 0.2) is 0 Å². The van der Waals surface area contributed by atoms with E-state index in [-0.39, 0.29) is 0 Å². The molecule has 1 fully saturated rings. The number of primary amides is 1. The van der Waals surface area contributed by atoms with Crippen LogP contribution in [0.1, 0.15) is 43.6 Å². The van der Waals surface area contributed by atoms with E-state index in [1.807, 2.05) is 46.8 Å². The smallest absolute Gasteiger partial charge is 0.399 e. The molecule has 0 spiro atoms. The highest BCUT2D eigenvalue weighted by Crippen LogP contribution is 2.36. The van der Waals surface area contributed by atoms with Crippen molar-refractivity contribution in [1.82, 2.24) is 0 Å². The Bertz CT molecular complexity index is 509. The number of nitrogens with two attached hydrogens (primary N) is 1. The zero-order chi connectivity index (χ0) is 14.4. The summed E-state index contributed by atoms with van der Waals surface area (Å²) in [6.45, 7) is 9.83. The summed E-state index contributed by atoms with van der Waals surface area (Å²) in [4.78, 5) is 11.6. The lowest BCUT2D eigenvalue weighted by Crippen LogP contribution is -2.41. The Kier molecular flexibility index (Phi) is 3.23. The molecule has 0 aliphatic carbocycles. The van der Waals surface area contributed by atoms with E-state index < -0.39 is 24.2 Å². The van der Waals surface area contributed by atoms with E-state index >= 15 is 0 Å². The molecule has 4 nitrogen and oxygen atoms in total. The molecular formula is C14H20BNO3. The maximum atomic E-state index is 11.6. The van der Waals surface area contributed by atoms with E-state index in [9.17, 15) is 4.79 Å². The summed E-state index contributed by atoms with van der Waals surface area (Å²) in [5, 5.41) is 0. The van der Waals surface area contributed by atoms with Crippen molar-refractivity contribution in [3.8, 4) is 0 Å². The molecule has 0 unspecified atom stereocenters. The van der Waals surface area contributed by atoms with Crippen molar-refractivity contribution in [1.29, 1.82) is 0 Å². The Morgan fingerprint density at radius 3 is 2.16 bits per heavy atom. The predicted molar refractivity (Wildman–Crippen MR) is 75.4 cm³/mol. The lowest BCUT2D eigenvalue weighted by molar-refractivity contribution is 0.00578. The van der Waals surface area contributed by atoms with Gasteiger partial charge in [-0.15, -0.1) is 0 Å². The molecule has 1 aliphatic rings. The number of hydrogen-bond donors (Lipinski definition) is 1. The number of rotatable bonds is 2. The largest absolute Gasteiger partial charge is 0.495 e. The standard InChI is InChI=1S/C14H20BNO3/c1-9-6-7-11(10(8-9)12(16)17)15-18-13(2,3)14(4,5)19-15/h6-8H,1-5H3,(H2,16,17). The highest BCUT2D eigenvalue weighted by molar-refractivity contribution is 6.63. The molecule has 5 heteroatoms. The Morgan fingerprint density at radius 2 is 1.68 bits per heavy atom. The molecule has 2 N–H and O–H groups in total. The summed E-state index contributed by atoms with van der Waals surface area (Å²) in [5.41, 5.74) is 6.70. The summed E-state index contributed by atoms with van der Waals surface area (Å²) in [5.74, 6) is -0.464.